The van der Waals surface area contributed by atoms with Crippen molar-refractivity contribution in [2.75, 3.05) is 11.5 Å². The minimum atomic E-state index is -2.81. The zero-order chi connectivity index (χ0) is 6.91. The zero-order valence-electron chi connectivity index (χ0n) is 4.91. The fourth-order valence-corrected chi connectivity index (χ4v) is 2.47. The SMILES string of the molecule is NOC1CCS(=O)(=O)C1. The van der Waals surface area contributed by atoms with E-state index in [4.69, 9.17) is 5.90 Å². The summed E-state index contributed by atoms with van der Waals surface area (Å²) in [5.41, 5.74) is 0. The molecule has 1 saturated heterocycles. The van der Waals surface area contributed by atoms with Gasteiger partial charge in [-0.05, 0) is 6.42 Å². The van der Waals surface area contributed by atoms with Gasteiger partial charge in [-0.2, -0.15) is 0 Å². The van der Waals surface area contributed by atoms with Crippen LogP contribution in [-0.2, 0) is 14.7 Å². The van der Waals surface area contributed by atoms with Crippen LogP contribution in [0.15, 0.2) is 0 Å². The maximum atomic E-state index is 10.7. The highest BCUT2D eigenvalue weighted by Crippen LogP contribution is 2.12. The van der Waals surface area contributed by atoms with Crippen molar-refractivity contribution in [1.29, 1.82) is 0 Å². The Morgan fingerprint density at radius 1 is 1.56 bits per heavy atom. The third-order valence-corrected chi connectivity index (χ3v) is 3.12. The lowest BCUT2D eigenvalue weighted by molar-refractivity contribution is 0.0718. The summed E-state index contributed by atoms with van der Waals surface area (Å²) < 4.78 is 21.3. The van der Waals surface area contributed by atoms with Gasteiger partial charge in [0.1, 0.15) is 0 Å². The summed E-state index contributed by atoms with van der Waals surface area (Å²) >= 11 is 0. The van der Waals surface area contributed by atoms with Gasteiger partial charge in [-0.1, -0.05) is 0 Å². The smallest absolute Gasteiger partial charge is 0.153 e. The quantitative estimate of drug-likeness (QED) is 0.491. The van der Waals surface area contributed by atoms with Gasteiger partial charge in [-0.25, -0.2) is 14.3 Å². The van der Waals surface area contributed by atoms with Crippen LogP contribution in [0.5, 0.6) is 0 Å². The van der Waals surface area contributed by atoms with Crippen molar-refractivity contribution in [2.24, 2.45) is 5.90 Å². The summed E-state index contributed by atoms with van der Waals surface area (Å²) in [4.78, 5) is 4.37. The Kier molecular flexibility index (Phi) is 1.74. The van der Waals surface area contributed by atoms with E-state index >= 15 is 0 Å². The second-order valence-corrected chi connectivity index (χ2v) is 4.39. The molecule has 54 valence electrons. The van der Waals surface area contributed by atoms with Crippen LogP contribution in [0, 0.1) is 0 Å². The monoisotopic (exact) mass is 151 g/mol. The number of rotatable bonds is 1. The molecule has 1 aliphatic heterocycles. The highest BCUT2D eigenvalue weighted by molar-refractivity contribution is 7.91. The van der Waals surface area contributed by atoms with Crippen LogP contribution >= 0.6 is 0 Å². The summed E-state index contributed by atoms with van der Waals surface area (Å²) in [6.07, 6.45) is 0.272. The predicted octanol–water partition coefficient (Wildman–Crippen LogP) is -0.936. The highest BCUT2D eigenvalue weighted by Gasteiger charge is 2.27. The van der Waals surface area contributed by atoms with Crippen molar-refractivity contribution in [1.82, 2.24) is 0 Å². The Morgan fingerprint density at radius 3 is 2.44 bits per heavy atom. The van der Waals surface area contributed by atoms with Crippen LogP contribution in [0.4, 0.5) is 0 Å². The molecule has 0 amide bonds. The van der Waals surface area contributed by atoms with Gasteiger partial charge in [0, 0.05) is 0 Å². The van der Waals surface area contributed by atoms with Crippen LogP contribution in [0.25, 0.3) is 0 Å². The molecule has 9 heavy (non-hydrogen) atoms. The van der Waals surface area contributed by atoms with Crippen LogP contribution in [0.3, 0.4) is 0 Å². The predicted molar refractivity (Wildman–Crippen MR) is 32.3 cm³/mol. The molecule has 4 nitrogen and oxygen atoms in total. The number of hydrogen-bond donors (Lipinski definition) is 1. The maximum Gasteiger partial charge on any atom is 0.153 e. The van der Waals surface area contributed by atoms with E-state index in [0.717, 1.165) is 0 Å². The van der Waals surface area contributed by atoms with Crippen molar-refractivity contribution in [2.45, 2.75) is 12.5 Å². The van der Waals surface area contributed by atoms with Gasteiger partial charge in [-0.3, -0.25) is 0 Å². The van der Waals surface area contributed by atoms with Crippen molar-refractivity contribution in [3.63, 3.8) is 0 Å². The van der Waals surface area contributed by atoms with Gasteiger partial charge in [-0.15, -0.1) is 0 Å². The second kappa shape index (κ2) is 2.24. The molecule has 2 N–H and O–H groups in total. The van der Waals surface area contributed by atoms with Crippen molar-refractivity contribution >= 4 is 9.84 Å². The van der Waals surface area contributed by atoms with E-state index in [0.29, 0.717) is 6.42 Å². The molecule has 0 spiro atoms. The van der Waals surface area contributed by atoms with Gasteiger partial charge in [0.2, 0.25) is 0 Å². The molecule has 0 bridgehead atoms. The van der Waals surface area contributed by atoms with Gasteiger partial charge in [0.25, 0.3) is 0 Å². The Morgan fingerprint density at radius 2 is 2.22 bits per heavy atom. The molecular weight excluding hydrogens is 142 g/mol. The normalized spacial score (nSPS) is 32.8. The number of sulfone groups is 1. The first-order chi connectivity index (χ1) is 4.14. The zero-order valence-corrected chi connectivity index (χ0v) is 5.73. The highest BCUT2D eigenvalue weighted by atomic mass is 32.2. The molecule has 0 aromatic rings. The molecule has 5 heteroatoms. The lowest BCUT2D eigenvalue weighted by Crippen LogP contribution is -2.18. The largest absolute Gasteiger partial charge is 0.300 e. The third kappa shape index (κ3) is 1.64. The molecule has 0 aromatic heterocycles. The van der Waals surface area contributed by atoms with E-state index in [9.17, 15) is 8.42 Å². The molecular formula is C4H9NO3S. The lowest BCUT2D eigenvalue weighted by Gasteiger charge is -1.99. The number of hydrogen-bond acceptors (Lipinski definition) is 4. The molecule has 1 atom stereocenters. The first kappa shape index (κ1) is 6.98. The van der Waals surface area contributed by atoms with E-state index in [1.54, 1.807) is 0 Å². The molecule has 0 aliphatic carbocycles. The molecule has 1 rings (SSSR count). The van der Waals surface area contributed by atoms with E-state index in [2.05, 4.69) is 4.84 Å². The number of nitrogens with two attached hydrogens (primary N) is 1. The third-order valence-electron chi connectivity index (χ3n) is 1.38. The van der Waals surface area contributed by atoms with Crippen LogP contribution in [0.2, 0.25) is 0 Å². The van der Waals surface area contributed by atoms with Crippen LogP contribution in [-0.4, -0.2) is 26.0 Å². The minimum Gasteiger partial charge on any atom is -0.300 e. The van der Waals surface area contributed by atoms with Crippen molar-refractivity contribution in [3.05, 3.63) is 0 Å². The van der Waals surface area contributed by atoms with Gasteiger partial charge in [0.15, 0.2) is 9.84 Å². The van der Waals surface area contributed by atoms with Crippen molar-refractivity contribution in [3.8, 4) is 0 Å². The maximum absolute atomic E-state index is 10.7. The lowest BCUT2D eigenvalue weighted by atomic mass is 10.3. The summed E-state index contributed by atoms with van der Waals surface area (Å²) in [7, 11) is -2.81. The molecule has 1 unspecified atom stereocenters. The molecule has 0 radical (unpaired) electrons. The van der Waals surface area contributed by atoms with E-state index in [-0.39, 0.29) is 17.6 Å². The molecule has 1 aliphatic rings. The van der Waals surface area contributed by atoms with E-state index in [1.165, 1.54) is 0 Å². The van der Waals surface area contributed by atoms with Gasteiger partial charge in [0.05, 0.1) is 17.6 Å². The molecule has 1 fully saturated rings. The topological polar surface area (TPSA) is 69.4 Å². The van der Waals surface area contributed by atoms with E-state index in [1.807, 2.05) is 0 Å². The first-order valence-electron chi connectivity index (χ1n) is 2.70. The first-order valence-corrected chi connectivity index (χ1v) is 4.52. The Hall–Kier alpha value is -0.130. The fraction of sp³-hybridized carbons (Fsp3) is 1.00. The van der Waals surface area contributed by atoms with Crippen molar-refractivity contribution < 1.29 is 13.3 Å². The summed E-state index contributed by atoms with van der Waals surface area (Å²) in [5.74, 6) is 5.09. The Bertz CT molecular complexity index is 186. The van der Waals surface area contributed by atoms with Gasteiger partial charge < -0.3 is 4.84 Å². The standard InChI is InChI=1S/C4H9NO3S/c5-8-4-1-2-9(6,7)3-4/h4H,1-3,5H2. The molecule has 1 heterocycles. The summed E-state index contributed by atoms with van der Waals surface area (Å²) in [6.45, 7) is 0. The average molecular weight is 151 g/mol. The molecule has 0 saturated carbocycles. The minimum absolute atomic E-state index is 0.0868. The average Bonchev–Trinajstić information content (AvgIpc) is 2.10. The van der Waals surface area contributed by atoms with Crippen LogP contribution in [0.1, 0.15) is 6.42 Å². The van der Waals surface area contributed by atoms with Crippen LogP contribution < -0.4 is 5.90 Å². The Balaban J connectivity index is 2.58. The second-order valence-electron chi connectivity index (χ2n) is 2.16. The fourth-order valence-electron chi connectivity index (χ4n) is 0.868. The summed E-state index contributed by atoms with van der Waals surface area (Å²) in [5, 5.41) is 0. The van der Waals surface area contributed by atoms with E-state index < -0.39 is 9.84 Å². The van der Waals surface area contributed by atoms with Gasteiger partial charge >= 0.3 is 0 Å². The summed E-state index contributed by atoms with van der Waals surface area (Å²) in [6, 6.07) is 0. The Labute approximate surface area is 53.9 Å². The molecule has 0 aromatic carbocycles.